The van der Waals surface area contributed by atoms with Gasteiger partial charge in [0.15, 0.2) is 0 Å². The largest absolute Gasteiger partial charge is 0.534 e. The third-order valence-electron chi connectivity index (χ3n) is 16.4. The number of benzene rings is 14. The molecule has 0 aliphatic rings. The number of fused-ring (bicyclic) bond motifs is 21. The van der Waals surface area contributed by atoms with Crippen molar-refractivity contribution < 1.29 is 35.8 Å². The molecular weight excluding hydrogens is 1160 g/mol. The van der Waals surface area contributed by atoms with E-state index in [0.717, 1.165) is 42.6 Å². The van der Waals surface area contributed by atoms with Gasteiger partial charge in [-0.15, -0.1) is 34.0 Å². The average molecular weight is 1210 g/mol. The Balaban J connectivity index is 0.000000125. The molecule has 87 heavy (non-hydrogen) atoms. The summed E-state index contributed by atoms with van der Waals surface area (Å²) in [6.07, 6.45) is 0. The molecular formula is C74H46BF3O5S4. The van der Waals surface area contributed by atoms with Crippen LogP contribution in [-0.2, 0) is 10.1 Å². The van der Waals surface area contributed by atoms with Crippen molar-refractivity contribution in [1.29, 1.82) is 0 Å². The first-order valence-electron chi connectivity index (χ1n) is 28.1. The summed E-state index contributed by atoms with van der Waals surface area (Å²) in [7, 11) is -7.13. The lowest BCUT2D eigenvalue weighted by atomic mass is 9.80. The zero-order valence-electron chi connectivity index (χ0n) is 46.1. The fraction of sp³-hybridized carbons (Fsp3) is 0.0270. The molecule has 0 bridgehead atoms. The van der Waals surface area contributed by atoms with Gasteiger partial charge in [0.25, 0.3) is 0 Å². The molecule has 13 heteroatoms. The molecule has 0 aliphatic carbocycles. The second-order valence-electron chi connectivity index (χ2n) is 21.6. The second-order valence-corrected chi connectivity index (χ2v) is 26.3. The smallest absolute Gasteiger partial charge is 0.423 e. The van der Waals surface area contributed by atoms with Crippen molar-refractivity contribution in [3.05, 3.63) is 254 Å². The van der Waals surface area contributed by atoms with Crippen LogP contribution in [0.1, 0.15) is 5.56 Å². The molecule has 420 valence electrons. The van der Waals surface area contributed by atoms with Crippen LogP contribution < -0.4 is 9.65 Å². The van der Waals surface area contributed by atoms with Gasteiger partial charge in [-0.2, -0.15) is 21.6 Å². The highest BCUT2D eigenvalue weighted by Gasteiger charge is 2.48. The van der Waals surface area contributed by atoms with Crippen molar-refractivity contribution in [1.82, 2.24) is 0 Å². The summed E-state index contributed by atoms with van der Waals surface area (Å²) in [6.45, 7) is 1.98. The predicted molar refractivity (Wildman–Crippen MR) is 364 cm³/mol. The minimum atomic E-state index is -5.72. The van der Waals surface area contributed by atoms with E-state index in [0.29, 0.717) is 10.8 Å². The van der Waals surface area contributed by atoms with E-state index in [4.69, 9.17) is 0 Å². The van der Waals surface area contributed by atoms with Gasteiger partial charge in [-0.25, -0.2) is 0 Å². The number of halogens is 3. The maximum atomic E-state index is 12.6. The Hall–Kier alpha value is -9.18. The maximum Gasteiger partial charge on any atom is 0.534 e. The standard InChI is InChI=1S/C42H24S2.C20H13F3O3S.C12H9BO2S/c1-2-10-30-29(9-1)37-23-25(27-13-7-15-35-33-11-3-5-17-39(33)43-41(27)35)19-21-31(37)32-22-20-26(24-38(30)32)28-14-8-16-36-34-12-4-6-18-40(34)44-42(28)36;1-12-6-8-16-17-9-7-13(26-27(24,25)20(21,22)23)11-19(17)15-5-3-2-4-14(15)18(16)10-12;14-13(15)10-6-3-5-9-8-4-1-2-7-11(8)16-12(9)10/h1-24H;2-11H,1H3;1-7,14-15H. The van der Waals surface area contributed by atoms with Crippen molar-refractivity contribution in [2.75, 3.05) is 0 Å². The normalized spacial score (nSPS) is 12.1. The lowest BCUT2D eigenvalue weighted by Gasteiger charge is -2.14. The van der Waals surface area contributed by atoms with Gasteiger partial charge in [0.1, 0.15) is 5.75 Å². The molecule has 0 atom stereocenters. The molecule has 3 heterocycles. The van der Waals surface area contributed by atoms with Crippen molar-refractivity contribution in [2.45, 2.75) is 12.4 Å². The Morgan fingerprint density at radius 3 is 1.15 bits per heavy atom. The van der Waals surface area contributed by atoms with Crippen LogP contribution in [0.5, 0.6) is 5.75 Å². The van der Waals surface area contributed by atoms with Crippen LogP contribution in [0.4, 0.5) is 13.2 Å². The number of alkyl halides is 3. The van der Waals surface area contributed by atoms with Gasteiger partial charge in [-0.1, -0.05) is 206 Å². The van der Waals surface area contributed by atoms with Crippen LogP contribution in [0.2, 0.25) is 0 Å². The number of hydrogen-bond donors (Lipinski definition) is 2. The maximum absolute atomic E-state index is 12.6. The summed E-state index contributed by atoms with van der Waals surface area (Å²) in [5.74, 6) is -0.378. The minimum absolute atomic E-state index is 0.378. The monoisotopic (exact) mass is 1210 g/mol. The van der Waals surface area contributed by atoms with Crippen LogP contribution in [0, 0.1) is 6.92 Å². The fourth-order valence-corrected chi connectivity index (χ4v) is 16.7. The number of thiophene rings is 3. The third-order valence-corrected chi connectivity index (χ3v) is 21.1. The first-order valence-corrected chi connectivity index (χ1v) is 31.9. The summed E-state index contributed by atoms with van der Waals surface area (Å²) in [5, 5.41) is 39.2. The van der Waals surface area contributed by atoms with Gasteiger partial charge in [-0.05, 0) is 153 Å². The Kier molecular flexibility index (Phi) is 13.4. The van der Waals surface area contributed by atoms with Gasteiger partial charge in [0.2, 0.25) is 0 Å². The highest BCUT2D eigenvalue weighted by molar-refractivity contribution is 7.88. The molecule has 17 aromatic rings. The molecule has 0 unspecified atom stereocenters. The topological polar surface area (TPSA) is 83.8 Å². The predicted octanol–water partition coefficient (Wildman–Crippen LogP) is 20.6. The van der Waals surface area contributed by atoms with Crippen LogP contribution in [0.15, 0.2) is 249 Å². The van der Waals surface area contributed by atoms with Gasteiger partial charge in [-0.3, -0.25) is 0 Å². The molecule has 0 saturated heterocycles. The van der Waals surface area contributed by atoms with E-state index in [1.165, 1.54) is 117 Å². The lowest BCUT2D eigenvalue weighted by molar-refractivity contribution is -0.0500. The van der Waals surface area contributed by atoms with Crippen molar-refractivity contribution in [2.24, 2.45) is 0 Å². The molecule has 3 aromatic heterocycles. The molecule has 0 radical (unpaired) electrons. The van der Waals surface area contributed by atoms with Crippen molar-refractivity contribution >= 4 is 182 Å². The van der Waals surface area contributed by atoms with Crippen LogP contribution in [0.25, 0.3) is 147 Å². The Bertz CT molecular complexity index is 5540. The molecule has 2 N–H and O–H groups in total. The van der Waals surface area contributed by atoms with E-state index in [1.54, 1.807) is 23.5 Å². The average Bonchev–Trinajstić information content (AvgIpc) is 1.89. The quantitative estimate of drug-likeness (QED) is 0.0776. The summed E-state index contributed by atoms with van der Waals surface area (Å²) in [5.41, 5.74) is 1.34. The highest BCUT2D eigenvalue weighted by atomic mass is 32.2. The van der Waals surface area contributed by atoms with Crippen LogP contribution in [0.3, 0.4) is 0 Å². The molecule has 0 saturated carbocycles. The first kappa shape index (κ1) is 54.5. The Morgan fingerprint density at radius 2 is 0.701 bits per heavy atom. The molecule has 0 aliphatic heterocycles. The van der Waals surface area contributed by atoms with E-state index in [9.17, 15) is 31.6 Å². The first-order chi connectivity index (χ1) is 42.3. The van der Waals surface area contributed by atoms with E-state index in [-0.39, 0.29) is 5.75 Å². The zero-order valence-corrected chi connectivity index (χ0v) is 49.4. The van der Waals surface area contributed by atoms with Gasteiger partial charge < -0.3 is 14.2 Å². The molecule has 0 fully saturated rings. The lowest BCUT2D eigenvalue weighted by Crippen LogP contribution is -2.29. The molecule has 5 nitrogen and oxygen atoms in total. The van der Waals surface area contributed by atoms with E-state index in [2.05, 4.69) is 162 Å². The summed E-state index contributed by atoms with van der Waals surface area (Å²) >= 11 is 5.39. The molecule has 0 amide bonds. The highest BCUT2D eigenvalue weighted by Crippen LogP contribution is 2.46. The molecule has 0 spiro atoms. The summed E-state index contributed by atoms with van der Waals surface area (Å²) in [4.78, 5) is 0. The third kappa shape index (κ3) is 9.41. The van der Waals surface area contributed by atoms with Crippen LogP contribution in [-0.4, -0.2) is 31.1 Å². The Labute approximate surface area is 508 Å². The van der Waals surface area contributed by atoms with Gasteiger partial charge in [0.05, 0.1) is 0 Å². The van der Waals surface area contributed by atoms with Crippen molar-refractivity contribution in [3.63, 3.8) is 0 Å². The Morgan fingerprint density at radius 1 is 0.356 bits per heavy atom. The van der Waals surface area contributed by atoms with Gasteiger partial charge >= 0.3 is 22.7 Å². The summed E-state index contributed by atoms with van der Waals surface area (Å²) < 4.78 is 72.3. The number of hydrogen-bond acceptors (Lipinski definition) is 8. The molecule has 14 aromatic carbocycles. The fourth-order valence-electron chi connectivity index (χ4n) is 12.5. The van der Waals surface area contributed by atoms with Crippen molar-refractivity contribution in [3.8, 4) is 28.0 Å². The van der Waals surface area contributed by atoms with Crippen LogP contribution >= 0.6 is 34.0 Å². The zero-order chi connectivity index (χ0) is 59.3. The minimum Gasteiger partial charge on any atom is -0.423 e. The summed E-state index contributed by atoms with van der Waals surface area (Å²) in [6, 6.07) is 85.4. The van der Waals surface area contributed by atoms with E-state index in [1.807, 2.05) is 96.3 Å². The molecule has 17 rings (SSSR count). The van der Waals surface area contributed by atoms with Gasteiger partial charge in [0, 0.05) is 55.1 Å². The van der Waals surface area contributed by atoms with E-state index < -0.39 is 22.7 Å². The second kappa shape index (κ2) is 21.4. The number of aryl methyl sites for hydroxylation is 1. The number of rotatable bonds is 5. The SMILES string of the molecule is Cc1ccc2c3ccc(OS(=O)(=O)C(F)(F)F)cc3c3ccccc3c2c1.OB(O)c1cccc2c1sc1ccccc12.c1ccc2c(c1)sc1c(-c3ccc4c5ccc(-c6cccc7c6sc6ccccc67)cc5c5ccccc5c4c3)cccc12. The van der Waals surface area contributed by atoms with E-state index >= 15 is 0 Å².